The van der Waals surface area contributed by atoms with E-state index in [0.717, 1.165) is 11.1 Å². The fourth-order valence-corrected chi connectivity index (χ4v) is 3.21. The third-order valence-corrected chi connectivity index (χ3v) is 4.81. The number of nitrogens with two attached hydrogens (primary N) is 1. The molecule has 0 aromatic heterocycles. The number of sulfonamides is 1. The van der Waals surface area contributed by atoms with E-state index in [1.807, 2.05) is 0 Å². The smallest absolute Gasteiger partial charge is 0.243 e. The number of aliphatic hydroxyl groups excluding tert-OH is 3. The van der Waals surface area contributed by atoms with Crippen LogP contribution in [0.4, 0.5) is 5.69 Å². The lowest BCUT2D eigenvalue weighted by atomic mass is 10.1. The van der Waals surface area contributed by atoms with Crippen LogP contribution in [0.25, 0.3) is 0 Å². The minimum atomic E-state index is -4.08. The van der Waals surface area contributed by atoms with Crippen LogP contribution in [0.3, 0.4) is 0 Å². The Hall–Kier alpha value is -1.19. The van der Waals surface area contributed by atoms with E-state index >= 15 is 0 Å². The molecule has 0 aliphatic carbocycles. The molecule has 0 fully saturated rings. The zero-order chi connectivity index (χ0) is 15.6. The van der Waals surface area contributed by atoms with Gasteiger partial charge in [0.15, 0.2) is 0 Å². The van der Waals surface area contributed by atoms with E-state index in [2.05, 4.69) is 4.72 Å². The maximum Gasteiger partial charge on any atom is 0.243 e. The highest BCUT2D eigenvalue weighted by Crippen LogP contribution is 2.23. The minimum absolute atomic E-state index is 0.0586. The van der Waals surface area contributed by atoms with Gasteiger partial charge in [-0.1, -0.05) is 0 Å². The number of anilines is 1. The molecule has 0 heterocycles. The second-order valence-electron chi connectivity index (χ2n) is 4.83. The highest BCUT2D eigenvalue weighted by Gasteiger charge is 2.34. The molecule has 114 valence electrons. The predicted octanol–water partition coefficient (Wildman–Crippen LogP) is -1.12. The van der Waals surface area contributed by atoms with E-state index in [1.54, 1.807) is 13.8 Å². The number of benzene rings is 1. The Morgan fingerprint density at radius 2 is 1.55 bits per heavy atom. The van der Waals surface area contributed by atoms with Gasteiger partial charge in [-0.05, 0) is 37.1 Å². The number of hydrogen-bond donors (Lipinski definition) is 5. The van der Waals surface area contributed by atoms with E-state index in [-0.39, 0.29) is 10.6 Å². The summed E-state index contributed by atoms with van der Waals surface area (Å²) < 4.78 is 26.7. The predicted molar refractivity (Wildman–Crippen MR) is 74.6 cm³/mol. The summed E-state index contributed by atoms with van der Waals surface area (Å²) in [5.41, 5.74) is 5.62. The first kappa shape index (κ1) is 16.9. The zero-order valence-electron chi connectivity index (χ0n) is 11.4. The van der Waals surface area contributed by atoms with Gasteiger partial charge in [-0.3, -0.25) is 0 Å². The van der Waals surface area contributed by atoms with E-state index in [1.165, 1.54) is 12.1 Å². The Balaban J connectivity index is 3.28. The van der Waals surface area contributed by atoms with Crippen molar-refractivity contribution in [2.45, 2.75) is 24.3 Å². The van der Waals surface area contributed by atoms with Crippen molar-refractivity contribution in [3.05, 3.63) is 23.3 Å². The molecule has 7 nitrogen and oxygen atoms in total. The van der Waals surface area contributed by atoms with Crippen molar-refractivity contribution in [2.24, 2.45) is 0 Å². The first-order valence-corrected chi connectivity index (χ1v) is 7.43. The van der Waals surface area contributed by atoms with Crippen LogP contribution < -0.4 is 10.5 Å². The third kappa shape index (κ3) is 3.28. The second kappa shape index (κ2) is 6.06. The maximum atomic E-state index is 12.3. The Morgan fingerprint density at radius 3 is 2.00 bits per heavy atom. The second-order valence-corrected chi connectivity index (χ2v) is 6.49. The van der Waals surface area contributed by atoms with Crippen LogP contribution in [0.1, 0.15) is 11.1 Å². The molecule has 0 saturated carbocycles. The molecule has 0 spiro atoms. The highest BCUT2D eigenvalue weighted by molar-refractivity contribution is 7.89. The Labute approximate surface area is 118 Å². The van der Waals surface area contributed by atoms with Crippen molar-refractivity contribution < 1.29 is 23.7 Å². The molecule has 1 rings (SSSR count). The first-order chi connectivity index (χ1) is 9.21. The number of nitrogen functional groups attached to an aromatic ring is 1. The summed E-state index contributed by atoms with van der Waals surface area (Å²) in [6, 6.07) is 2.94. The van der Waals surface area contributed by atoms with Crippen molar-refractivity contribution >= 4 is 15.7 Å². The molecule has 0 saturated heterocycles. The highest BCUT2D eigenvalue weighted by atomic mass is 32.2. The summed E-state index contributed by atoms with van der Waals surface area (Å²) in [5.74, 6) is 0. The minimum Gasteiger partial charge on any atom is -0.398 e. The van der Waals surface area contributed by atoms with Gasteiger partial charge < -0.3 is 21.1 Å². The number of rotatable bonds is 6. The number of hydrogen-bond acceptors (Lipinski definition) is 6. The van der Waals surface area contributed by atoms with E-state index in [0.29, 0.717) is 0 Å². The average Bonchev–Trinajstić information content (AvgIpc) is 2.40. The van der Waals surface area contributed by atoms with E-state index < -0.39 is 35.4 Å². The topological polar surface area (TPSA) is 133 Å². The van der Waals surface area contributed by atoms with Crippen LogP contribution in [0.2, 0.25) is 0 Å². The standard InChI is InChI=1S/C12H20N2O5S/c1-8-3-10(13)11(4-9(8)2)20(18,19)14-12(5-15,6-16)7-17/h3-4,14-17H,5-7,13H2,1-2H3. The maximum absolute atomic E-state index is 12.3. The summed E-state index contributed by atoms with van der Waals surface area (Å²) in [4.78, 5) is -0.152. The Kier molecular flexibility index (Phi) is 5.11. The Morgan fingerprint density at radius 1 is 1.10 bits per heavy atom. The zero-order valence-corrected chi connectivity index (χ0v) is 12.2. The fourth-order valence-electron chi connectivity index (χ4n) is 1.63. The van der Waals surface area contributed by atoms with E-state index in [4.69, 9.17) is 5.73 Å². The number of aryl methyl sites for hydroxylation is 2. The molecule has 8 heteroatoms. The summed E-state index contributed by atoms with van der Waals surface area (Å²) in [6.07, 6.45) is 0. The molecule has 1 aromatic carbocycles. The van der Waals surface area contributed by atoms with Gasteiger partial charge in [0.05, 0.1) is 25.5 Å². The van der Waals surface area contributed by atoms with Crippen molar-refractivity contribution in [3.63, 3.8) is 0 Å². The lowest BCUT2D eigenvalue weighted by Gasteiger charge is -2.28. The Bertz CT molecular complexity index is 573. The molecule has 0 atom stereocenters. The molecule has 0 unspecified atom stereocenters. The van der Waals surface area contributed by atoms with Gasteiger partial charge in [0.2, 0.25) is 10.0 Å². The molecule has 0 amide bonds. The molecule has 20 heavy (non-hydrogen) atoms. The van der Waals surface area contributed by atoms with Crippen LogP contribution >= 0.6 is 0 Å². The lowest BCUT2D eigenvalue weighted by Crippen LogP contribution is -2.56. The first-order valence-electron chi connectivity index (χ1n) is 5.94. The van der Waals surface area contributed by atoms with Crippen LogP contribution in [0, 0.1) is 13.8 Å². The number of nitrogens with one attached hydrogen (secondary N) is 1. The molecular weight excluding hydrogens is 284 g/mol. The quantitative estimate of drug-likeness (QED) is 0.423. The summed E-state index contributed by atoms with van der Waals surface area (Å²) in [6.45, 7) is 1.30. The molecule has 1 aromatic rings. The molecule has 0 radical (unpaired) electrons. The third-order valence-electron chi connectivity index (χ3n) is 3.17. The average molecular weight is 304 g/mol. The lowest BCUT2D eigenvalue weighted by molar-refractivity contribution is 0.0582. The van der Waals surface area contributed by atoms with Gasteiger partial charge in [-0.25, -0.2) is 8.42 Å². The molecular formula is C12H20N2O5S. The van der Waals surface area contributed by atoms with Crippen LogP contribution in [-0.4, -0.2) is 49.1 Å². The van der Waals surface area contributed by atoms with Gasteiger partial charge in [-0.2, -0.15) is 4.72 Å². The summed E-state index contributed by atoms with van der Waals surface area (Å²) in [5, 5.41) is 27.5. The molecule has 0 bridgehead atoms. The summed E-state index contributed by atoms with van der Waals surface area (Å²) >= 11 is 0. The molecule has 0 aliphatic rings. The van der Waals surface area contributed by atoms with Crippen molar-refractivity contribution in [2.75, 3.05) is 25.6 Å². The van der Waals surface area contributed by atoms with Crippen molar-refractivity contribution in [3.8, 4) is 0 Å². The number of aliphatic hydroxyl groups is 3. The van der Waals surface area contributed by atoms with E-state index in [9.17, 15) is 23.7 Å². The van der Waals surface area contributed by atoms with Crippen LogP contribution in [0.15, 0.2) is 17.0 Å². The van der Waals surface area contributed by atoms with Crippen molar-refractivity contribution in [1.29, 1.82) is 0 Å². The normalized spacial score (nSPS) is 12.7. The van der Waals surface area contributed by atoms with Gasteiger partial charge in [0.25, 0.3) is 0 Å². The van der Waals surface area contributed by atoms with Gasteiger partial charge in [0, 0.05) is 0 Å². The monoisotopic (exact) mass is 304 g/mol. The molecule has 6 N–H and O–H groups in total. The molecule has 0 aliphatic heterocycles. The summed E-state index contributed by atoms with van der Waals surface area (Å²) in [7, 11) is -4.08. The van der Waals surface area contributed by atoms with Gasteiger partial charge in [0.1, 0.15) is 10.4 Å². The largest absolute Gasteiger partial charge is 0.398 e. The van der Waals surface area contributed by atoms with Gasteiger partial charge >= 0.3 is 0 Å². The van der Waals surface area contributed by atoms with Crippen LogP contribution in [-0.2, 0) is 10.0 Å². The van der Waals surface area contributed by atoms with Crippen LogP contribution in [0.5, 0.6) is 0 Å². The van der Waals surface area contributed by atoms with Crippen molar-refractivity contribution in [1.82, 2.24) is 4.72 Å². The van der Waals surface area contributed by atoms with Gasteiger partial charge in [-0.15, -0.1) is 0 Å². The SMILES string of the molecule is Cc1cc(N)c(S(=O)(=O)NC(CO)(CO)CO)cc1C. The fraction of sp³-hybridized carbons (Fsp3) is 0.500.